The number of benzene rings is 2. The van der Waals surface area contributed by atoms with E-state index in [-0.39, 0.29) is 42.8 Å². The zero-order valence-electron chi connectivity index (χ0n) is 16.3. The number of alkyl halides is 2. The van der Waals surface area contributed by atoms with Crippen molar-refractivity contribution in [2.75, 3.05) is 16.8 Å². The van der Waals surface area contributed by atoms with Crippen molar-refractivity contribution in [1.82, 2.24) is 5.32 Å². The van der Waals surface area contributed by atoms with Crippen molar-refractivity contribution in [2.45, 2.75) is 16.3 Å². The van der Waals surface area contributed by atoms with Crippen molar-refractivity contribution in [2.24, 2.45) is 5.92 Å². The van der Waals surface area contributed by atoms with Gasteiger partial charge in [-0.1, -0.05) is 46.4 Å². The summed E-state index contributed by atoms with van der Waals surface area (Å²) in [6.45, 7) is 0. The van der Waals surface area contributed by atoms with E-state index in [1.165, 1.54) is 18.2 Å². The first-order valence-corrected chi connectivity index (χ1v) is 13.5. The second-order valence-corrected chi connectivity index (χ2v) is 13.1. The van der Waals surface area contributed by atoms with Crippen molar-refractivity contribution >= 4 is 96.9 Å². The molecule has 2 N–H and O–H groups in total. The maximum Gasteiger partial charge on any atom is 0.253 e. The smallest absolute Gasteiger partial charge is 0.253 e. The fourth-order valence-corrected chi connectivity index (χ4v) is 6.67. The van der Waals surface area contributed by atoms with Gasteiger partial charge in [-0.25, -0.2) is 8.42 Å². The first-order chi connectivity index (χ1) is 15.3. The lowest BCUT2D eigenvalue weighted by atomic mass is 10.1. The van der Waals surface area contributed by atoms with Crippen LogP contribution in [-0.4, -0.2) is 42.1 Å². The summed E-state index contributed by atoms with van der Waals surface area (Å²) in [7, 11) is -3.10. The highest BCUT2D eigenvalue weighted by Gasteiger charge is 2.67. The van der Waals surface area contributed by atoms with E-state index in [4.69, 9.17) is 69.6 Å². The summed E-state index contributed by atoms with van der Waals surface area (Å²) < 4.78 is 21.2. The zero-order valence-corrected chi connectivity index (χ0v) is 21.7. The lowest BCUT2D eigenvalue weighted by Gasteiger charge is -2.26. The van der Waals surface area contributed by atoms with Crippen LogP contribution in [0.25, 0.3) is 0 Å². The number of carbonyl (C=O) groups excluding carboxylic acids is 2. The fraction of sp³-hybridized carbons (Fsp3) is 0.300. The molecule has 2 amide bonds. The van der Waals surface area contributed by atoms with Crippen molar-refractivity contribution in [3.8, 4) is 0 Å². The monoisotopic (exact) mass is 588 g/mol. The molecule has 6 nitrogen and oxygen atoms in total. The second-order valence-electron chi connectivity index (χ2n) is 7.86. The van der Waals surface area contributed by atoms with Gasteiger partial charge in [0, 0.05) is 11.6 Å². The summed E-state index contributed by atoms with van der Waals surface area (Å²) in [6.07, 6.45) is 0. The highest BCUT2D eigenvalue weighted by molar-refractivity contribution is 7.92. The Balaban J connectivity index is 1.48. The number of nitrogens with one attached hydrogen (secondary N) is 2. The Hall–Kier alpha value is -0.930. The van der Waals surface area contributed by atoms with Gasteiger partial charge in [-0.2, -0.15) is 0 Å². The maximum absolute atomic E-state index is 12.9. The summed E-state index contributed by atoms with van der Waals surface area (Å²) >= 11 is 37.0. The SMILES string of the molecule is O=C(NC1CS(=O)(=O)C1)c1cc(NC(=O)[C@H]2[C@H](c3cc(Cl)c(Cl)c(Cl)c3)C2(Cl)Cl)ccc1Cl. The predicted octanol–water partition coefficient (Wildman–Crippen LogP) is 5.35. The molecular formula is C20H14Cl6N2O4S. The van der Waals surface area contributed by atoms with E-state index < -0.39 is 43.9 Å². The van der Waals surface area contributed by atoms with Crippen molar-refractivity contribution in [1.29, 1.82) is 0 Å². The number of anilines is 1. The quantitative estimate of drug-likeness (QED) is 0.363. The molecule has 1 aliphatic heterocycles. The number of sulfone groups is 1. The van der Waals surface area contributed by atoms with Crippen LogP contribution in [0, 0.1) is 5.92 Å². The molecule has 0 radical (unpaired) electrons. The highest BCUT2D eigenvalue weighted by Crippen LogP contribution is 2.65. The number of amides is 2. The van der Waals surface area contributed by atoms with Crippen LogP contribution < -0.4 is 10.6 Å². The van der Waals surface area contributed by atoms with E-state index in [1.54, 1.807) is 12.1 Å². The van der Waals surface area contributed by atoms with Crippen LogP contribution in [0.1, 0.15) is 21.8 Å². The Labute approximate surface area is 219 Å². The number of hydrogen-bond donors (Lipinski definition) is 2. The van der Waals surface area contributed by atoms with Gasteiger partial charge in [0.25, 0.3) is 5.91 Å². The average Bonchev–Trinajstić information content (AvgIpc) is 3.27. The Morgan fingerprint density at radius 3 is 2.12 bits per heavy atom. The first kappa shape index (κ1) is 25.2. The molecule has 13 heteroatoms. The Kier molecular flexibility index (Phi) is 6.82. The molecule has 176 valence electrons. The molecule has 0 bridgehead atoms. The summed E-state index contributed by atoms with van der Waals surface area (Å²) in [5, 5.41) is 6.04. The van der Waals surface area contributed by atoms with Crippen molar-refractivity contribution < 1.29 is 18.0 Å². The van der Waals surface area contributed by atoms with Gasteiger partial charge in [-0.05, 0) is 35.9 Å². The second kappa shape index (κ2) is 8.94. The van der Waals surface area contributed by atoms with Gasteiger partial charge in [0.05, 0.1) is 49.1 Å². The molecule has 0 unspecified atom stereocenters. The topological polar surface area (TPSA) is 92.3 Å². The van der Waals surface area contributed by atoms with Gasteiger partial charge < -0.3 is 10.6 Å². The lowest BCUT2D eigenvalue weighted by Crippen LogP contribution is -2.52. The molecule has 0 aromatic heterocycles. The van der Waals surface area contributed by atoms with E-state index in [0.29, 0.717) is 5.56 Å². The molecule has 1 saturated carbocycles. The third-order valence-corrected chi connectivity index (χ3v) is 9.71. The Bertz CT molecular complexity index is 1250. The van der Waals surface area contributed by atoms with Crippen LogP contribution in [-0.2, 0) is 14.6 Å². The van der Waals surface area contributed by atoms with Crippen molar-refractivity contribution in [3.63, 3.8) is 0 Å². The minimum absolute atomic E-state index is 0.0883. The molecule has 1 saturated heterocycles. The molecule has 2 aromatic carbocycles. The number of carbonyl (C=O) groups is 2. The van der Waals surface area contributed by atoms with Crippen LogP contribution >= 0.6 is 69.6 Å². The van der Waals surface area contributed by atoms with Crippen molar-refractivity contribution in [3.05, 3.63) is 61.5 Å². The van der Waals surface area contributed by atoms with Gasteiger partial charge in [0.15, 0.2) is 9.84 Å². The van der Waals surface area contributed by atoms with Gasteiger partial charge in [0.1, 0.15) is 4.33 Å². The summed E-state index contributed by atoms with van der Waals surface area (Å²) in [5.74, 6) is -2.67. The molecule has 2 aromatic rings. The number of halogens is 6. The minimum Gasteiger partial charge on any atom is -0.347 e. The molecule has 4 rings (SSSR count). The van der Waals surface area contributed by atoms with Crippen LogP contribution in [0.5, 0.6) is 0 Å². The van der Waals surface area contributed by atoms with Gasteiger partial charge in [-0.15, -0.1) is 23.2 Å². The number of hydrogen-bond acceptors (Lipinski definition) is 4. The Morgan fingerprint density at radius 2 is 1.55 bits per heavy atom. The third kappa shape index (κ3) is 5.06. The van der Waals surface area contributed by atoms with E-state index in [2.05, 4.69) is 10.6 Å². The van der Waals surface area contributed by atoms with Crippen LogP contribution in [0.4, 0.5) is 5.69 Å². The third-order valence-electron chi connectivity index (χ3n) is 5.43. The van der Waals surface area contributed by atoms with E-state index in [1.807, 2.05) is 0 Å². The zero-order chi connectivity index (χ0) is 24.3. The van der Waals surface area contributed by atoms with Gasteiger partial charge in [0.2, 0.25) is 5.91 Å². The first-order valence-electron chi connectivity index (χ1n) is 9.44. The highest BCUT2D eigenvalue weighted by atomic mass is 35.5. The normalized spacial score (nSPS) is 22.8. The average molecular weight is 591 g/mol. The molecule has 2 atom stereocenters. The minimum atomic E-state index is -3.10. The van der Waals surface area contributed by atoms with Gasteiger partial charge >= 0.3 is 0 Å². The molecule has 33 heavy (non-hydrogen) atoms. The fourth-order valence-electron chi connectivity index (χ4n) is 3.73. The molecule has 1 aliphatic carbocycles. The summed E-state index contributed by atoms with van der Waals surface area (Å²) in [4.78, 5) is 25.4. The number of rotatable bonds is 5. The van der Waals surface area contributed by atoms with E-state index in [0.717, 1.165) is 0 Å². The maximum atomic E-state index is 12.9. The largest absolute Gasteiger partial charge is 0.347 e. The van der Waals surface area contributed by atoms with Crippen LogP contribution in [0.2, 0.25) is 20.1 Å². The molecule has 2 aliphatic rings. The summed E-state index contributed by atoms with van der Waals surface area (Å²) in [5.41, 5.74) is 0.939. The molecule has 2 fully saturated rings. The Morgan fingerprint density at radius 1 is 0.939 bits per heavy atom. The van der Waals surface area contributed by atoms with Gasteiger partial charge in [-0.3, -0.25) is 9.59 Å². The summed E-state index contributed by atoms with van der Waals surface area (Å²) in [6, 6.07) is 6.98. The standard InChI is InChI=1S/C20H14Cl6N2O4S/c21-12-2-1-9(5-11(12)18(29)28-10-6-33(31,32)7-10)27-19(30)16-15(20(16,25)26)8-3-13(22)17(24)14(23)4-8/h1-5,10,15-16H,6-7H2,(H,27,30)(H,28,29)/t15-,16+/m0/s1. The molecule has 0 spiro atoms. The predicted molar refractivity (Wildman–Crippen MR) is 132 cm³/mol. The van der Waals surface area contributed by atoms with E-state index >= 15 is 0 Å². The lowest BCUT2D eigenvalue weighted by molar-refractivity contribution is -0.117. The molecular weight excluding hydrogens is 577 g/mol. The van der Waals surface area contributed by atoms with E-state index in [9.17, 15) is 18.0 Å². The van der Waals surface area contributed by atoms with Crippen LogP contribution in [0.15, 0.2) is 30.3 Å². The van der Waals surface area contributed by atoms with Crippen LogP contribution in [0.3, 0.4) is 0 Å². The molecule has 1 heterocycles.